The van der Waals surface area contributed by atoms with Crippen molar-refractivity contribution < 1.29 is 4.79 Å². The topological polar surface area (TPSA) is 20.3 Å². The van der Waals surface area contributed by atoms with Gasteiger partial charge in [-0.05, 0) is 30.8 Å². The van der Waals surface area contributed by atoms with E-state index in [1.807, 2.05) is 7.05 Å². The molecule has 0 N–H and O–H groups in total. The third-order valence-corrected chi connectivity index (χ3v) is 3.37. The lowest BCUT2D eigenvalue weighted by molar-refractivity contribution is -0.126. The number of rotatable bonds is 6. The zero-order chi connectivity index (χ0) is 11.2. The largest absolute Gasteiger partial charge is 0.342 e. The molecule has 0 saturated heterocycles. The van der Waals surface area contributed by atoms with Gasteiger partial charge in [0.25, 0.3) is 0 Å². The van der Waals surface area contributed by atoms with Crippen LogP contribution in [-0.4, -0.2) is 24.4 Å². The van der Waals surface area contributed by atoms with Crippen LogP contribution >= 0.6 is 0 Å². The molecule has 0 saturated carbocycles. The van der Waals surface area contributed by atoms with Crippen LogP contribution in [-0.2, 0) is 4.79 Å². The van der Waals surface area contributed by atoms with Crippen molar-refractivity contribution in [2.24, 2.45) is 5.41 Å². The zero-order valence-corrected chi connectivity index (χ0v) is 9.97. The molecule has 2 nitrogen and oxygen atoms in total. The summed E-state index contributed by atoms with van der Waals surface area (Å²) in [7, 11) is 1.85. The van der Waals surface area contributed by atoms with E-state index in [0.29, 0.717) is 0 Å². The van der Waals surface area contributed by atoms with E-state index in [9.17, 15) is 4.79 Å². The second-order valence-corrected chi connectivity index (χ2v) is 3.96. The number of carbonyl (C=O) groups excluding carboxylic acids is 1. The quantitative estimate of drug-likeness (QED) is 0.600. The molecule has 0 aromatic carbocycles. The molecule has 0 spiro atoms. The molecule has 0 aromatic rings. The van der Waals surface area contributed by atoms with Crippen molar-refractivity contribution in [3.05, 3.63) is 12.7 Å². The normalized spacial score (nSPS) is 11.1. The first-order valence-corrected chi connectivity index (χ1v) is 5.42. The van der Waals surface area contributed by atoms with Gasteiger partial charge in [0.2, 0.25) is 5.91 Å². The van der Waals surface area contributed by atoms with Gasteiger partial charge in [-0.3, -0.25) is 4.79 Å². The molecule has 1 amide bonds. The number of hydrogen-bond acceptors (Lipinski definition) is 1. The lowest BCUT2D eigenvalue weighted by atomic mass is 9.79. The third-order valence-electron chi connectivity index (χ3n) is 3.37. The fraction of sp³-hybridized carbons (Fsp3) is 0.750. The molecule has 0 aliphatic carbocycles. The second-order valence-electron chi connectivity index (χ2n) is 3.96. The fourth-order valence-corrected chi connectivity index (χ4v) is 1.82. The molecule has 0 aromatic heterocycles. The molecule has 0 unspecified atom stereocenters. The van der Waals surface area contributed by atoms with Gasteiger partial charge >= 0.3 is 0 Å². The van der Waals surface area contributed by atoms with Crippen molar-refractivity contribution >= 4 is 5.91 Å². The Kier molecular flexibility index (Phi) is 5.51. The maximum absolute atomic E-state index is 11.3. The zero-order valence-electron chi connectivity index (χ0n) is 9.97. The monoisotopic (exact) mass is 197 g/mol. The minimum atomic E-state index is 0.0183. The van der Waals surface area contributed by atoms with E-state index in [2.05, 4.69) is 27.4 Å². The Hall–Kier alpha value is -0.790. The summed E-state index contributed by atoms with van der Waals surface area (Å²) in [4.78, 5) is 13.1. The van der Waals surface area contributed by atoms with Crippen LogP contribution in [0.25, 0.3) is 0 Å². The van der Waals surface area contributed by atoms with Crippen LogP contribution in [0, 0.1) is 5.41 Å². The SMILES string of the molecule is C=CC(=O)N(C)CC(CC)(CC)CC. The molecular formula is C12H23NO. The molecule has 0 aliphatic heterocycles. The molecule has 14 heavy (non-hydrogen) atoms. The standard InChI is InChI=1S/C12H23NO/c1-6-11(14)13(5)10-12(7-2,8-3)9-4/h6H,1,7-10H2,2-5H3. The number of carbonyl (C=O) groups is 1. The van der Waals surface area contributed by atoms with Gasteiger partial charge in [0, 0.05) is 13.6 Å². The molecule has 0 aliphatic rings. The molecule has 2 heteroatoms. The van der Waals surface area contributed by atoms with Crippen LogP contribution in [0.1, 0.15) is 40.0 Å². The van der Waals surface area contributed by atoms with Crippen molar-refractivity contribution in [3.63, 3.8) is 0 Å². The minimum absolute atomic E-state index is 0.0183. The van der Waals surface area contributed by atoms with Crippen molar-refractivity contribution in [3.8, 4) is 0 Å². The fourth-order valence-electron chi connectivity index (χ4n) is 1.82. The number of amides is 1. The predicted octanol–water partition coefficient (Wildman–Crippen LogP) is 2.85. The highest BCUT2D eigenvalue weighted by atomic mass is 16.2. The maximum atomic E-state index is 11.3. The van der Waals surface area contributed by atoms with Crippen molar-refractivity contribution in [2.45, 2.75) is 40.0 Å². The summed E-state index contributed by atoms with van der Waals surface area (Å²) in [6.45, 7) is 10.9. The number of likely N-dealkylation sites (N-methyl/N-ethyl adjacent to an activating group) is 1. The molecule has 0 heterocycles. The lowest BCUT2D eigenvalue weighted by Gasteiger charge is -2.34. The highest BCUT2D eigenvalue weighted by Crippen LogP contribution is 2.30. The summed E-state index contributed by atoms with van der Waals surface area (Å²) in [5.74, 6) is 0.0183. The van der Waals surface area contributed by atoms with Gasteiger partial charge in [-0.1, -0.05) is 27.4 Å². The molecule has 0 fully saturated rings. The van der Waals surface area contributed by atoms with Gasteiger partial charge < -0.3 is 4.90 Å². The number of nitrogens with zero attached hydrogens (tertiary/aromatic N) is 1. The first kappa shape index (κ1) is 13.2. The van der Waals surface area contributed by atoms with E-state index in [4.69, 9.17) is 0 Å². The van der Waals surface area contributed by atoms with Crippen LogP contribution < -0.4 is 0 Å². The maximum Gasteiger partial charge on any atom is 0.245 e. The van der Waals surface area contributed by atoms with Gasteiger partial charge in [0.15, 0.2) is 0 Å². The molecule has 0 radical (unpaired) electrons. The predicted molar refractivity (Wildman–Crippen MR) is 61.1 cm³/mol. The Morgan fingerprint density at radius 2 is 1.71 bits per heavy atom. The minimum Gasteiger partial charge on any atom is -0.342 e. The van der Waals surface area contributed by atoms with Crippen molar-refractivity contribution in [1.82, 2.24) is 4.90 Å². The Labute approximate surface area is 88.0 Å². The van der Waals surface area contributed by atoms with Gasteiger partial charge in [-0.25, -0.2) is 0 Å². The van der Waals surface area contributed by atoms with Crippen molar-refractivity contribution in [1.29, 1.82) is 0 Å². The Morgan fingerprint density at radius 1 is 1.29 bits per heavy atom. The highest BCUT2D eigenvalue weighted by Gasteiger charge is 2.26. The van der Waals surface area contributed by atoms with Crippen LogP contribution in [0.15, 0.2) is 12.7 Å². The van der Waals surface area contributed by atoms with E-state index >= 15 is 0 Å². The van der Waals surface area contributed by atoms with Crippen LogP contribution in [0.2, 0.25) is 0 Å². The molecule has 0 atom stereocenters. The lowest BCUT2D eigenvalue weighted by Crippen LogP contribution is -2.37. The molecule has 82 valence electrons. The Bertz CT molecular complexity index is 186. The smallest absolute Gasteiger partial charge is 0.245 e. The van der Waals surface area contributed by atoms with E-state index in [1.54, 1.807) is 4.90 Å². The van der Waals surface area contributed by atoms with Gasteiger partial charge in [0.1, 0.15) is 0 Å². The summed E-state index contributed by atoms with van der Waals surface area (Å²) in [6, 6.07) is 0. The first-order chi connectivity index (χ1) is 6.55. The van der Waals surface area contributed by atoms with E-state index < -0.39 is 0 Å². The van der Waals surface area contributed by atoms with Crippen LogP contribution in [0.3, 0.4) is 0 Å². The Morgan fingerprint density at radius 3 is 2.00 bits per heavy atom. The highest BCUT2D eigenvalue weighted by molar-refractivity contribution is 5.86. The van der Waals surface area contributed by atoms with Gasteiger partial charge in [-0.2, -0.15) is 0 Å². The molecule has 0 rings (SSSR count). The van der Waals surface area contributed by atoms with E-state index in [1.165, 1.54) is 6.08 Å². The summed E-state index contributed by atoms with van der Waals surface area (Å²) >= 11 is 0. The number of hydrogen-bond donors (Lipinski definition) is 0. The molecular weight excluding hydrogens is 174 g/mol. The average molecular weight is 197 g/mol. The first-order valence-electron chi connectivity index (χ1n) is 5.42. The van der Waals surface area contributed by atoms with Crippen molar-refractivity contribution in [2.75, 3.05) is 13.6 Å². The Balaban J connectivity index is 4.43. The average Bonchev–Trinajstić information content (AvgIpc) is 2.24. The summed E-state index contributed by atoms with van der Waals surface area (Å²) < 4.78 is 0. The second kappa shape index (κ2) is 5.84. The van der Waals surface area contributed by atoms with Crippen LogP contribution in [0.5, 0.6) is 0 Å². The van der Waals surface area contributed by atoms with Crippen LogP contribution in [0.4, 0.5) is 0 Å². The van der Waals surface area contributed by atoms with E-state index in [-0.39, 0.29) is 11.3 Å². The third kappa shape index (κ3) is 3.17. The summed E-state index contributed by atoms with van der Waals surface area (Å²) in [5.41, 5.74) is 0.285. The van der Waals surface area contributed by atoms with Gasteiger partial charge in [0.05, 0.1) is 0 Å². The van der Waals surface area contributed by atoms with Gasteiger partial charge in [-0.15, -0.1) is 0 Å². The van der Waals surface area contributed by atoms with E-state index in [0.717, 1.165) is 25.8 Å². The summed E-state index contributed by atoms with van der Waals surface area (Å²) in [5, 5.41) is 0. The molecule has 0 bridgehead atoms. The summed E-state index contributed by atoms with van der Waals surface area (Å²) in [6.07, 6.45) is 4.74.